The van der Waals surface area contributed by atoms with E-state index in [1.807, 2.05) is 0 Å². The van der Waals surface area contributed by atoms with Crippen LogP contribution in [0.3, 0.4) is 0 Å². The van der Waals surface area contributed by atoms with Gasteiger partial charge in [0, 0.05) is 5.69 Å². The van der Waals surface area contributed by atoms with Gasteiger partial charge in [-0.15, -0.1) is 0 Å². The maximum absolute atomic E-state index is 13.7. The molecule has 0 bridgehead atoms. The molecule has 162 valence electrons. The second kappa shape index (κ2) is 8.54. The van der Waals surface area contributed by atoms with E-state index in [1.54, 1.807) is 0 Å². The largest absolute Gasteiger partial charge is 0.462 e. The number of hydrogen-bond acceptors (Lipinski definition) is 4. The van der Waals surface area contributed by atoms with Crippen LogP contribution in [0.25, 0.3) is 5.69 Å². The number of ether oxygens (including phenoxy) is 1. The lowest BCUT2D eigenvalue weighted by molar-refractivity contribution is -0.143. The van der Waals surface area contributed by atoms with Crippen molar-refractivity contribution in [1.82, 2.24) is 9.78 Å². The quantitative estimate of drug-likeness (QED) is 0.466. The van der Waals surface area contributed by atoms with Gasteiger partial charge in [-0.1, -0.05) is 6.07 Å². The van der Waals surface area contributed by atoms with E-state index in [1.165, 1.54) is 31.2 Å². The van der Waals surface area contributed by atoms with Crippen molar-refractivity contribution in [2.75, 3.05) is 11.9 Å². The Morgan fingerprint density at radius 2 is 1.68 bits per heavy atom. The molecule has 0 saturated carbocycles. The predicted molar refractivity (Wildman–Crippen MR) is 98.8 cm³/mol. The fourth-order valence-electron chi connectivity index (χ4n) is 2.77. The molecule has 11 heteroatoms. The molecular formula is C20H14F5N3O3. The van der Waals surface area contributed by atoms with E-state index < -0.39 is 46.5 Å². The highest BCUT2D eigenvalue weighted by Crippen LogP contribution is 2.34. The van der Waals surface area contributed by atoms with E-state index in [0.29, 0.717) is 4.68 Å². The normalized spacial score (nSPS) is 11.3. The number of alkyl halides is 3. The number of esters is 1. The fourth-order valence-corrected chi connectivity index (χ4v) is 2.77. The van der Waals surface area contributed by atoms with Crippen LogP contribution in [0.2, 0.25) is 0 Å². The van der Waals surface area contributed by atoms with Gasteiger partial charge in [0.25, 0.3) is 5.91 Å². The van der Waals surface area contributed by atoms with Crippen LogP contribution in [0, 0.1) is 11.6 Å². The van der Waals surface area contributed by atoms with Crippen molar-refractivity contribution in [3.8, 4) is 5.69 Å². The van der Waals surface area contributed by atoms with Crippen molar-refractivity contribution in [2.45, 2.75) is 13.1 Å². The summed E-state index contributed by atoms with van der Waals surface area (Å²) in [5.74, 6) is -4.36. The molecule has 6 nitrogen and oxygen atoms in total. The van der Waals surface area contributed by atoms with E-state index in [4.69, 9.17) is 0 Å². The van der Waals surface area contributed by atoms with E-state index in [9.17, 15) is 31.5 Å². The highest BCUT2D eigenvalue weighted by molar-refractivity contribution is 6.04. The second-order valence-electron chi connectivity index (χ2n) is 6.13. The van der Waals surface area contributed by atoms with Crippen molar-refractivity contribution in [2.24, 2.45) is 0 Å². The number of anilines is 1. The Morgan fingerprint density at radius 1 is 1.06 bits per heavy atom. The molecule has 1 heterocycles. The zero-order valence-corrected chi connectivity index (χ0v) is 15.8. The summed E-state index contributed by atoms with van der Waals surface area (Å²) in [6.07, 6.45) is -4.16. The number of halogens is 5. The maximum Gasteiger partial charge on any atom is 0.434 e. The van der Waals surface area contributed by atoms with Gasteiger partial charge in [0.15, 0.2) is 5.69 Å². The molecule has 1 aromatic heterocycles. The van der Waals surface area contributed by atoms with Gasteiger partial charge in [0.2, 0.25) is 0 Å². The number of amides is 1. The summed E-state index contributed by atoms with van der Waals surface area (Å²) in [4.78, 5) is 24.0. The summed E-state index contributed by atoms with van der Waals surface area (Å²) in [6.45, 7) is 1.34. The molecule has 0 radical (unpaired) electrons. The monoisotopic (exact) mass is 439 g/mol. The Hall–Kier alpha value is -3.76. The van der Waals surface area contributed by atoms with Gasteiger partial charge in [-0.05, 0) is 43.3 Å². The molecule has 3 rings (SSSR count). The van der Waals surface area contributed by atoms with E-state index in [2.05, 4.69) is 15.2 Å². The van der Waals surface area contributed by atoms with Crippen molar-refractivity contribution < 1.29 is 36.3 Å². The SMILES string of the molecule is CCOC(=O)c1cnn(-c2ccc(NC(=O)c3c(F)cccc3F)cc2)c1C(F)(F)F. The van der Waals surface area contributed by atoms with Crippen molar-refractivity contribution in [1.29, 1.82) is 0 Å². The van der Waals surface area contributed by atoms with Crippen LogP contribution in [0.15, 0.2) is 48.7 Å². The Morgan fingerprint density at radius 3 is 2.23 bits per heavy atom. The number of benzene rings is 2. The van der Waals surface area contributed by atoms with Gasteiger partial charge in [-0.2, -0.15) is 18.3 Å². The highest BCUT2D eigenvalue weighted by atomic mass is 19.4. The van der Waals surface area contributed by atoms with Crippen LogP contribution in [0.5, 0.6) is 0 Å². The number of carbonyl (C=O) groups is 2. The van der Waals surface area contributed by atoms with Crippen molar-refractivity contribution in [3.05, 3.63) is 77.1 Å². The molecule has 0 aliphatic heterocycles. The Bertz CT molecular complexity index is 1100. The molecule has 0 fully saturated rings. The summed E-state index contributed by atoms with van der Waals surface area (Å²) < 4.78 is 73.2. The third-order valence-corrected chi connectivity index (χ3v) is 4.09. The Labute approximate surface area is 172 Å². The van der Waals surface area contributed by atoms with Gasteiger partial charge in [-0.25, -0.2) is 18.3 Å². The minimum Gasteiger partial charge on any atom is -0.462 e. The molecule has 0 unspecified atom stereocenters. The topological polar surface area (TPSA) is 73.2 Å². The lowest BCUT2D eigenvalue weighted by Gasteiger charge is -2.13. The van der Waals surface area contributed by atoms with Gasteiger partial charge >= 0.3 is 12.1 Å². The number of hydrogen-bond donors (Lipinski definition) is 1. The molecule has 2 aromatic carbocycles. The first-order chi connectivity index (χ1) is 14.6. The lowest BCUT2D eigenvalue weighted by atomic mass is 10.1. The van der Waals surface area contributed by atoms with Crippen LogP contribution < -0.4 is 5.32 Å². The summed E-state index contributed by atoms with van der Waals surface area (Å²) in [5.41, 5.74) is -2.87. The van der Waals surface area contributed by atoms with Gasteiger partial charge in [0.1, 0.15) is 22.8 Å². The van der Waals surface area contributed by atoms with Crippen LogP contribution in [-0.2, 0) is 10.9 Å². The summed E-state index contributed by atoms with van der Waals surface area (Å²) >= 11 is 0. The molecule has 3 aromatic rings. The fraction of sp³-hybridized carbons (Fsp3) is 0.150. The zero-order chi connectivity index (χ0) is 22.8. The number of nitrogens with zero attached hydrogens (tertiary/aromatic N) is 2. The molecule has 1 amide bonds. The number of rotatable bonds is 5. The number of aromatic nitrogens is 2. The molecular weight excluding hydrogens is 425 g/mol. The number of nitrogens with one attached hydrogen (secondary N) is 1. The maximum atomic E-state index is 13.7. The predicted octanol–water partition coefficient (Wildman–Crippen LogP) is 4.60. The van der Waals surface area contributed by atoms with Crippen LogP contribution >= 0.6 is 0 Å². The highest BCUT2D eigenvalue weighted by Gasteiger charge is 2.41. The third-order valence-electron chi connectivity index (χ3n) is 4.09. The molecule has 0 aliphatic rings. The van der Waals surface area contributed by atoms with Gasteiger partial charge in [-0.3, -0.25) is 4.79 Å². The van der Waals surface area contributed by atoms with Crippen molar-refractivity contribution >= 4 is 17.6 Å². The average molecular weight is 439 g/mol. The van der Waals surface area contributed by atoms with E-state index >= 15 is 0 Å². The molecule has 1 N–H and O–H groups in total. The molecule has 0 aliphatic carbocycles. The Balaban J connectivity index is 1.90. The Kier molecular flexibility index (Phi) is 6.04. The number of carbonyl (C=O) groups excluding carboxylic acids is 2. The molecule has 0 atom stereocenters. The van der Waals surface area contributed by atoms with Crippen LogP contribution in [0.4, 0.5) is 27.6 Å². The smallest absolute Gasteiger partial charge is 0.434 e. The van der Waals surface area contributed by atoms with Crippen LogP contribution in [-0.4, -0.2) is 28.3 Å². The standard InChI is InChI=1S/C20H14F5N3O3/c1-2-31-19(30)13-10-26-28(17(13)20(23,24)25)12-8-6-11(7-9-12)27-18(29)16-14(21)4-3-5-15(16)22/h3-10H,2H2,1H3,(H,27,29). The third kappa shape index (κ3) is 4.55. The first-order valence-electron chi connectivity index (χ1n) is 8.81. The molecule has 0 spiro atoms. The lowest BCUT2D eigenvalue weighted by Crippen LogP contribution is -2.18. The zero-order valence-electron chi connectivity index (χ0n) is 15.8. The van der Waals surface area contributed by atoms with Gasteiger partial charge in [0.05, 0.1) is 18.5 Å². The van der Waals surface area contributed by atoms with Gasteiger partial charge < -0.3 is 10.1 Å². The first kappa shape index (κ1) is 21.9. The first-order valence-corrected chi connectivity index (χ1v) is 8.81. The average Bonchev–Trinajstić information content (AvgIpc) is 3.14. The van der Waals surface area contributed by atoms with Crippen LogP contribution in [0.1, 0.15) is 33.3 Å². The molecule has 31 heavy (non-hydrogen) atoms. The van der Waals surface area contributed by atoms with Crippen molar-refractivity contribution in [3.63, 3.8) is 0 Å². The molecule has 0 saturated heterocycles. The summed E-state index contributed by atoms with van der Waals surface area (Å²) in [6, 6.07) is 7.74. The second-order valence-corrected chi connectivity index (χ2v) is 6.13. The minimum atomic E-state index is -4.91. The summed E-state index contributed by atoms with van der Waals surface area (Å²) in [7, 11) is 0. The summed E-state index contributed by atoms with van der Waals surface area (Å²) in [5, 5.41) is 5.89. The van der Waals surface area contributed by atoms with E-state index in [0.717, 1.165) is 24.4 Å². The van der Waals surface area contributed by atoms with E-state index in [-0.39, 0.29) is 18.0 Å². The minimum absolute atomic E-state index is 0.0713.